The van der Waals surface area contributed by atoms with Gasteiger partial charge in [-0.3, -0.25) is 0 Å². The van der Waals surface area contributed by atoms with Crippen LogP contribution in [-0.4, -0.2) is 21.9 Å². The Morgan fingerprint density at radius 2 is 2.00 bits per heavy atom. The maximum atomic E-state index is 12.0. The van der Waals surface area contributed by atoms with Gasteiger partial charge < -0.3 is 15.7 Å². The molecule has 6 nitrogen and oxygen atoms in total. The Hall–Kier alpha value is -1.32. The number of benzene rings is 1. The lowest BCUT2D eigenvalue weighted by Gasteiger charge is -2.09. The fourth-order valence-electron chi connectivity index (χ4n) is 1.63. The van der Waals surface area contributed by atoms with Crippen molar-refractivity contribution in [3.8, 4) is 5.75 Å². The molecule has 0 aliphatic rings. The molecule has 1 aromatic carbocycles. The third-order valence-electron chi connectivity index (χ3n) is 2.62. The molecule has 2 amide bonds. The molecule has 1 unspecified atom stereocenters. The van der Waals surface area contributed by atoms with Crippen molar-refractivity contribution in [2.75, 3.05) is 17.2 Å². The average molecular weight is 394 g/mol. The second-order valence-corrected chi connectivity index (χ2v) is 7.39. The molecule has 0 aliphatic carbocycles. The first-order valence-electron chi connectivity index (χ1n) is 6.41. The van der Waals surface area contributed by atoms with Crippen LogP contribution in [0.5, 0.6) is 5.75 Å². The monoisotopic (exact) mass is 393 g/mol. The van der Waals surface area contributed by atoms with Crippen LogP contribution >= 0.6 is 34.5 Å². The maximum Gasteiger partial charge on any atom is 0.323 e. The van der Waals surface area contributed by atoms with Crippen LogP contribution in [0, 0.1) is 0 Å². The second kappa shape index (κ2) is 7.98. The van der Waals surface area contributed by atoms with Crippen LogP contribution in [-0.2, 0) is 11.0 Å². The zero-order valence-electron chi connectivity index (χ0n) is 11.9. The van der Waals surface area contributed by atoms with Gasteiger partial charge in [0.25, 0.3) is 0 Å². The number of urea groups is 1. The zero-order valence-corrected chi connectivity index (χ0v) is 15.0. The Kier molecular flexibility index (Phi) is 6.25. The molecule has 0 saturated carbocycles. The molecule has 0 aliphatic heterocycles. The van der Waals surface area contributed by atoms with Crippen molar-refractivity contribution in [3.05, 3.63) is 33.6 Å². The minimum Gasteiger partial charge on any atom is -0.504 e. The summed E-state index contributed by atoms with van der Waals surface area (Å²) < 4.78 is 14.8. The molecule has 2 rings (SSSR count). The molecule has 1 atom stereocenters. The highest BCUT2D eigenvalue weighted by atomic mass is 35.5. The smallest absolute Gasteiger partial charge is 0.323 e. The van der Waals surface area contributed by atoms with Crippen LogP contribution in [0.25, 0.3) is 0 Å². The van der Waals surface area contributed by atoms with Gasteiger partial charge in [-0.1, -0.05) is 36.2 Å². The molecule has 0 spiro atoms. The van der Waals surface area contributed by atoms with E-state index in [0.29, 0.717) is 17.3 Å². The van der Waals surface area contributed by atoms with Crippen LogP contribution in [0.3, 0.4) is 0 Å². The Morgan fingerprint density at radius 1 is 1.30 bits per heavy atom. The predicted octanol–water partition coefficient (Wildman–Crippen LogP) is 4.04. The normalized spacial score (nSPS) is 12.0. The van der Waals surface area contributed by atoms with Gasteiger partial charge in [0.2, 0.25) is 0 Å². The van der Waals surface area contributed by atoms with Gasteiger partial charge in [-0.2, -0.15) is 0 Å². The number of anilines is 2. The zero-order chi connectivity index (χ0) is 17.0. The van der Waals surface area contributed by atoms with Crippen molar-refractivity contribution < 1.29 is 14.1 Å². The van der Waals surface area contributed by atoms with Crippen LogP contribution in [0.15, 0.2) is 27.8 Å². The van der Waals surface area contributed by atoms with Crippen LogP contribution < -0.4 is 15.4 Å². The van der Waals surface area contributed by atoms with E-state index in [1.807, 2.05) is 0 Å². The van der Waals surface area contributed by atoms with E-state index >= 15 is 0 Å². The van der Waals surface area contributed by atoms with Crippen molar-refractivity contribution in [3.63, 3.8) is 0 Å². The molecule has 23 heavy (non-hydrogen) atoms. The third kappa shape index (κ3) is 4.36. The van der Waals surface area contributed by atoms with E-state index < -0.39 is 17.0 Å². The van der Waals surface area contributed by atoms with Gasteiger partial charge in [-0.25, -0.2) is 13.7 Å². The lowest BCUT2D eigenvalue weighted by molar-refractivity contribution is 0.262. The Morgan fingerprint density at radius 3 is 2.70 bits per heavy atom. The summed E-state index contributed by atoms with van der Waals surface area (Å²) in [4.78, 5) is 12.0. The summed E-state index contributed by atoms with van der Waals surface area (Å²) in [7, 11) is -1.53. The Labute approximate surface area is 149 Å². The van der Waals surface area contributed by atoms with E-state index in [9.17, 15) is 14.1 Å². The predicted molar refractivity (Wildman–Crippen MR) is 95.2 cm³/mol. The van der Waals surface area contributed by atoms with Gasteiger partial charge in [0.15, 0.2) is 9.96 Å². The van der Waals surface area contributed by atoms with Crippen LogP contribution in [0.4, 0.5) is 16.2 Å². The van der Waals surface area contributed by atoms with Crippen molar-refractivity contribution in [1.82, 2.24) is 4.72 Å². The molecule has 0 saturated heterocycles. The number of rotatable bonds is 5. The summed E-state index contributed by atoms with van der Waals surface area (Å²) in [6.07, 6.45) is 0. The third-order valence-corrected chi connectivity index (χ3v) is 6.03. The molecule has 0 bridgehead atoms. The van der Waals surface area contributed by atoms with Gasteiger partial charge in [0.1, 0.15) is 11.0 Å². The maximum absolute atomic E-state index is 12.0. The van der Waals surface area contributed by atoms with Crippen LogP contribution in [0.1, 0.15) is 6.92 Å². The van der Waals surface area contributed by atoms with Crippen molar-refractivity contribution >= 4 is 62.9 Å². The van der Waals surface area contributed by atoms with E-state index in [2.05, 4.69) is 15.4 Å². The molecular formula is C13H13Cl2N3O3S2. The molecule has 124 valence electrons. The molecule has 1 heterocycles. The van der Waals surface area contributed by atoms with Gasteiger partial charge >= 0.3 is 6.03 Å². The molecule has 4 N–H and O–H groups in total. The number of carbonyl (C=O) groups excluding carboxylic acids is 1. The topological polar surface area (TPSA) is 90.5 Å². The van der Waals surface area contributed by atoms with E-state index in [1.54, 1.807) is 25.1 Å². The number of amides is 2. The lowest BCUT2D eigenvalue weighted by Crippen LogP contribution is -2.19. The van der Waals surface area contributed by atoms with E-state index in [1.165, 1.54) is 5.38 Å². The summed E-state index contributed by atoms with van der Waals surface area (Å²) in [5, 5.41) is 17.0. The summed E-state index contributed by atoms with van der Waals surface area (Å²) in [5.41, 5.74) is 0.495. The number of thiophene rings is 1. The van der Waals surface area contributed by atoms with Gasteiger partial charge in [-0.15, -0.1) is 11.3 Å². The van der Waals surface area contributed by atoms with Crippen LogP contribution in [0.2, 0.25) is 10.0 Å². The summed E-state index contributed by atoms with van der Waals surface area (Å²) >= 11 is 12.9. The molecule has 10 heteroatoms. The first-order valence-corrected chi connectivity index (χ1v) is 9.20. The number of nitrogens with one attached hydrogen (secondary N) is 3. The standard InChI is InChI=1S/C13H13Cl2N3O3S2/c1-2-16-23(21)12-11(19)9(6-22-12)18-13(20)17-8-5-3-4-7(14)10(8)15/h3-6,16,19H,2H2,1H3,(H2,17,18,20). The molecule has 0 fully saturated rings. The highest BCUT2D eigenvalue weighted by Crippen LogP contribution is 2.36. The first-order chi connectivity index (χ1) is 10.9. The van der Waals surface area contributed by atoms with E-state index in [0.717, 1.165) is 11.3 Å². The van der Waals surface area contributed by atoms with Crippen molar-refractivity contribution in [2.24, 2.45) is 0 Å². The molecular weight excluding hydrogens is 381 g/mol. The van der Waals surface area contributed by atoms with E-state index in [4.69, 9.17) is 23.2 Å². The van der Waals surface area contributed by atoms with Gasteiger partial charge in [0.05, 0.1) is 21.4 Å². The van der Waals surface area contributed by atoms with Gasteiger partial charge in [-0.05, 0) is 12.1 Å². The average Bonchev–Trinajstić information content (AvgIpc) is 2.85. The quantitative estimate of drug-likeness (QED) is 0.617. The summed E-state index contributed by atoms with van der Waals surface area (Å²) in [6.45, 7) is 2.28. The summed E-state index contributed by atoms with van der Waals surface area (Å²) in [5.74, 6) is -0.235. The molecule has 2 aromatic rings. The fraction of sp³-hybridized carbons (Fsp3) is 0.154. The fourth-order valence-corrected chi connectivity index (χ4v) is 3.94. The van der Waals surface area contributed by atoms with E-state index in [-0.39, 0.29) is 20.7 Å². The van der Waals surface area contributed by atoms with Gasteiger partial charge in [0, 0.05) is 11.9 Å². The Bertz CT molecular complexity index is 752. The SMILES string of the molecule is CCNS(=O)c1scc(NC(=O)Nc2cccc(Cl)c2Cl)c1O. The van der Waals surface area contributed by atoms with Crippen molar-refractivity contribution in [2.45, 2.75) is 11.1 Å². The number of hydrogen-bond donors (Lipinski definition) is 4. The number of hydrogen-bond acceptors (Lipinski definition) is 4. The first kappa shape index (κ1) is 18.0. The minimum absolute atomic E-state index is 0.159. The number of aromatic hydroxyl groups is 1. The second-order valence-electron chi connectivity index (χ2n) is 4.23. The highest BCUT2D eigenvalue weighted by molar-refractivity contribution is 7.85. The summed E-state index contributed by atoms with van der Waals surface area (Å²) in [6, 6.07) is 4.22. The molecule has 0 radical (unpaired) electrons. The van der Waals surface area contributed by atoms with Crippen molar-refractivity contribution in [1.29, 1.82) is 0 Å². The number of carbonyl (C=O) groups is 1. The minimum atomic E-state index is -1.53. The number of halogens is 2. The molecule has 1 aromatic heterocycles. The largest absolute Gasteiger partial charge is 0.504 e. The Balaban J connectivity index is 2.09. The lowest BCUT2D eigenvalue weighted by atomic mass is 10.3. The highest BCUT2D eigenvalue weighted by Gasteiger charge is 2.18.